The van der Waals surface area contributed by atoms with Crippen LogP contribution in [0.5, 0.6) is 0 Å². The van der Waals surface area contributed by atoms with Gasteiger partial charge in [-0.15, -0.1) is 0 Å². The lowest BCUT2D eigenvalue weighted by Gasteiger charge is -2.42. The molecule has 218 valence electrons. The number of methoxy groups -OCH3 is 1. The highest BCUT2D eigenvalue weighted by Crippen LogP contribution is 2.31. The molecule has 0 spiro atoms. The van der Waals surface area contributed by atoms with Crippen LogP contribution in [0.25, 0.3) is 0 Å². The largest absolute Gasteiger partial charge is 0.467 e. The zero-order valence-corrected chi connectivity index (χ0v) is 23.1. The molecule has 41 heavy (non-hydrogen) atoms. The summed E-state index contributed by atoms with van der Waals surface area (Å²) in [6.45, 7) is 2.05. The van der Waals surface area contributed by atoms with Gasteiger partial charge in [0.1, 0.15) is 12.2 Å². The Morgan fingerprint density at radius 1 is 0.829 bits per heavy atom. The molecule has 0 radical (unpaired) electrons. The highest BCUT2D eigenvalue weighted by molar-refractivity contribution is 5.73. The van der Waals surface area contributed by atoms with Crippen LogP contribution in [0.4, 0.5) is 0 Å². The van der Waals surface area contributed by atoms with E-state index in [9.17, 15) is 14.9 Å². The molecule has 0 aliphatic carbocycles. The van der Waals surface area contributed by atoms with Gasteiger partial charge in [0.2, 0.25) is 6.29 Å². The molecule has 1 fully saturated rings. The summed E-state index contributed by atoms with van der Waals surface area (Å²) in [4.78, 5) is 24.1. The van der Waals surface area contributed by atoms with Gasteiger partial charge in [-0.1, -0.05) is 91.0 Å². The smallest absolute Gasteiger partial charge is 0.334 e. The summed E-state index contributed by atoms with van der Waals surface area (Å²) in [6.07, 6.45) is -5.34. The highest BCUT2D eigenvalue weighted by atomic mass is 16.7. The summed E-state index contributed by atoms with van der Waals surface area (Å²) in [5, 5.41) is 12.5. The molecule has 0 N–H and O–H groups in total. The van der Waals surface area contributed by atoms with E-state index >= 15 is 0 Å². The molecule has 1 aliphatic rings. The van der Waals surface area contributed by atoms with E-state index < -0.39 is 47.6 Å². The molecular weight excluding hydrogens is 530 g/mol. The Kier molecular flexibility index (Phi) is 11.4. The minimum absolute atomic E-state index is 0.0381. The first-order chi connectivity index (χ1) is 20.0. The predicted molar refractivity (Wildman–Crippen MR) is 148 cm³/mol. The lowest BCUT2D eigenvalue weighted by Crippen LogP contribution is -2.64. The molecule has 0 bridgehead atoms. The summed E-state index contributed by atoms with van der Waals surface area (Å²) in [6, 6.07) is 26.9. The Morgan fingerprint density at radius 3 is 1.80 bits per heavy atom. The molecule has 10 heteroatoms. The van der Waals surface area contributed by atoms with Crippen molar-refractivity contribution in [2.45, 2.75) is 63.5 Å². The van der Waals surface area contributed by atoms with E-state index in [-0.39, 0.29) is 19.8 Å². The topological polar surface area (TPSA) is 116 Å². The van der Waals surface area contributed by atoms with E-state index in [1.54, 1.807) is 0 Å². The Morgan fingerprint density at radius 2 is 1.32 bits per heavy atom. The zero-order chi connectivity index (χ0) is 29.0. The fourth-order valence-corrected chi connectivity index (χ4v) is 4.58. The van der Waals surface area contributed by atoms with Gasteiger partial charge in [-0.25, -0.2) is 4.79 Å². The standard InChI is InChI=1S/C31H35NO9/c1-22(30(33)36-2)40-31-27(32(34)35)29(39-20-25-16-10-5-11-17-25)28(38-19-24-14-8-4-9-15-24)26(41-31)21-37-18-23-12-6-3-7-13-23/h3-17,22,26-29,31H,18-21H2,1-2H3/t22-,26+,27+,28+,29+,31+/m0/s1. The summed E-state index contributed by atoms with van der Waals surface area (Å²) in [5.74, 6) is -0.684. The third-order valence-corrected chi connectivity index (χ3v) is 6.69. The van der Waals surface area contributed by atoms with Crippen molar-refractivity contribution < 1.29 is 38.1 Å². The van der Waals surface area contributed by atoms with Crippen molar-refractivity contribution in [1.82, 2.24) is 0 Å². The van der Waals surface area contributed by atoms with Gasteiger partial charge in [0.25, 0.3) is 6.04 Å². The number of benzene rings is 3. The number of esters is 1. The van der Waals surface area contributed by atoms with Gasteiger partial charge in [-0.2, -0.15) is 0 Å². The van der Waals surface area contributed by atoms with Crippen LogP contribution in [0.3, 0.4) is 0 Å². The van der Waals surface area contributed by atoms with Gasteiger partial charge in [-0.05, 0) is 23.6 Å². The summed E-state index contributed by atoms with van der Waals surface area (Å²) in [7, 11) is 1.22. The highest BCUT2D eigenvalue weighted by Gasteiger charge is 2.55. The van der Waals surface area contributed by atoms with Crippen LogP contribution in [0.15, 0.2) is 91.0 Å². The van der Waals surface area contributed by atoms with E-state index in [1.807, 2.05) is 91.0 Å². The number of nitro groups is 1. The first kappa shape index (κ1) is 30.3. The number of ether oxygens (including phenoxy) is 6. The zero-order valence-electron chi connectivity index (χ0n) is 23.1. The van der Waals surface area contributed by atoms with Gasteiger partial charge in [0.05, 0.1) is 33.5 Å². The van der Waals surface area contributed by atoms with E-state index in [0.717, 1.165) is 16.7 Å². The van der Waals surface area contributed by atoms with Crippen LogP contribution in [-0.2, 0) is 53.0 Å². The van der Waals surface area contributed by atoms with Crippen molar-refractivity contribution >= 4 is 5.97 Å². The molecule has 3 aromatic carbocycles. The summed E-state index contributed by atoms with van der Waals surface area (Å²) < 4.78 is 35.2. The van der Waals surface area contributed by atoms with Crippen molar-refractivity contribution in [3.63, 3.8) is 0 Å². The van der Waals surface area contributed by atoms with Crippen LogP contribution in [0.2, 0.25) is 0 Å². The molecule has 1 heterocycles. The van der Waals surface area contributed by atoms with Crippen molar-refractivity contribution in [3.8, 4) is 0 Å². The molecule has 0 unspecified atom stereocenters. The van der Waals surface area contributed by atoms with E-state index in [2.05, 4.69) is 0 Å². The fraction of sp³-hybridized carbons (Fsp3) is 0.387. The van der Waals surface area contributed by atoms with Crippen LogP contribution in [0, 0.1) is 10.1 Å². The van der Waals surface area contributed by atoms with Gasteiger partial charge in [0.15, 0.2) is 12.2 Å². The Labute approximate surface area is 239 Å². The minimum atomic E-state index is -1.50. The number of rotatable bonds is 14. The Balaban J connectivity index is 1.62. The van der Waals surface area contributed by atoms with Crippen LogP contribution < -0.4 is 0 Å². The molecule has 0 saturated carbocycles. The molecule has 0 aromatic heterocycles. The maximum absolute atomic E-state index is 12.5. The Bertz CT molecular complexity index is 1210. The first-order valence-electron chi connectivity index (χ1n) is 13.4. The van der Waals surface area contributed by atoms with Crippen molar-refractivity contribution in [3.05, 3.63) is 118 Å². The van der Waals surface area contributed by atoms with E-state index in [0.29, 0.717) is 6.61 Å². The average molecular weight is 566 g/mol. The average Bonchev–Trinajstić information content (AvgIpc) is 3.00. The molecule has 1 saturated heterocycles. The van der Waals surface area contributed by atoms with Crippen LogP contribution in [0.1, 0.15) is 23.6 Å². The molecule has 4 rings (SSSR count). The van der Waals surface area contributed by atoms with Crippen molar-refractivity contribution in [2.75, 3.05) is 13.7 Å². The number of carbonyl (C=O) groups is 1. The van der Waals surface area contributed by atoms with Gasteiger partial charge >= 0.3 is 5.97 Å². The van der Waals surface area contributed by atoms with Crippen LogP contribution in [-0.4, -0.2) is 61.4 Å². The van der Waals surface area contributed by atoms with E-state index in [4.69, 9.17) is 28.4 Å². The summed E-state index contributed by atoms with van der Waals surface area (Å²) >= 11 is 0. The maximum Gasteiger partial charge on any atom is 0.334 e. The number of hydrogen-bond acceptors (Lipinski definition) is 9. The third kappa shape index (κ3) is 8.66. The lowest BCUT2D eigenvalue weighted by atomic mass is 9.96. The lowest BCUT2D eigenvalue weighted by molar-refractivity contribution is -0.577. The molecule has 0 amide bonds. The summed E-state index contributed by atoms with van der Waals surface area (Å²) in [5.41, 5.74) is 2.67. The van der Waals surface area contributed by atoms with Gasteiger partial charge in [-0.3, -0.25) is 10.1 Å². The fourth-order valence-electron chi connectivity index (χ4n) is 4.58. The molecule has 1 aliphatic heterocycles. The van der Waals surface area contributed by atoms with Crippen LogP contribution >= 0.6 is 0 Å². The maximum atomic E-state index is 12.5. The minimum Gasteiger partial charge on any atom is -0.467 e. The Hall–Kier alpha value is -3.67. The van der Waals surface area contributed by atoms with E-state index in [1.165, 1.54) is 14.0 Å². The second-order valence-electron chi connectivity index (χ2n) is 9.64. The predicted octanol–water partition coefficient (Wildman–Crippen LogP) is 4.32. The van der Waals surface area contributed by atoms with Gasteiger partial charge < -0.3 is 28.4 Å². The normalized spacial score (nSPS) is 23.0. The molecule has 10 nitrogen and oxygen atoms in total. The number of hydrogen-bond donors (Lipinski definition) is 0. The monoisotopic (exact) mass is 565 g/mol. The molecule has 6 atom stereocenters. The van der Waals surface area contributed by atoms with Crippen molar-refractivity contribution in [1.29, 1.82) is 0 Å². The van der Waals surface area contributed by atoms with Crippen molar-refractivity contribution in [2.24, 2.45) is 0 Å². The quantitative estimate of drug-likeness (QED) is 0.160. The molecule has 3 aromatic rings. The first-order valence-corrected chi connectivity index (χ1v) is 13.4. The second kappa shape index (κ2) is 15.4. The third-order valence-electron chi connectivity index (χ3n) is 6.69. The second-order valence-corrected chi connectivity index (χ2v) is 9.64. The van der Waals surface area contributed by atoms with Gasteiger partial charge in [0, 0.05) is 4.92 Å². The number of carbonyl (C=O) groups excluding carboxylic acids is 1. The number of nitrogens with zero attached hydrogens (tertiary/aromatic N) is 1. The molecular formula is C31H35NO9. The SMILES string of the molecule is COC(=O)[C@H](C)O[C@@H]1O[C@H](COCc2ccccc2)[C@@H](OCc2ccccc2)[C@H](OCc2ccccc2)[C@H]1[N+](=O)[O-].